The molecule has 0 spiro atoms. The average molecular weight is 263 g/mol. The van der Waals surface area contributed by atoms with Crippen LogP contribution in [0.3, 0.4) is 0 Å². The lowest BCUT2D eigenvalue weighted by Gasteiger charge is -2.23. The third kappa shape index (κ3) is 3.11. The van der Waals surface area contributed by atoms with E-state index in [1.165, 1.54) is 0 Å². The molecule has 0 bridgehead atoms. The van der Waals surface area contributed by atoms with Gasteiger partial charge in [0.1, 0.15) is 5.52 Å². The summed E-state index contributed by atoms with van der Waals surface area (Å²) >= 11 is 0. The quantitative estimate of drug-likeness (QED) is 0.721. The summed E-state index contributed by atoms with van der Waals surface area (Å²) in [4.78, 5) is 17.7. The Kier molecular flexibility index (Phi) is 4.16. The predicted molar refractivity (Wildman–Crippen MR) is 77.0 cm³/mol. The SMILES string of the molecule is CCC(C)N(C)CCNc1nc(N)nc2nc[nH]c12. The summed E-state index contributed by atoms with van der Waals surface area (Å²) in [5, 5.41) is 3.28. The Hall–Kier alpha value is -1.89. The van der Waals surface area contributed by atoms with Crippen molar-refractivity contribution in [1.82, 2.24) is 24.8 Å². The van der Waals surface area contributed by atoms with E-state index in [4.69, 9.17) is 5.73 Å². The van der Waals surface area contributed by atoms with E-state index in [0.717, 1.165) is 25.0 Å². The van der Waals surface area contributed by atoms with Crippen LogP contribution in [0.1, 0.15) is 20.3 Å². The van der Waals surface area contributed by atoms with Gasteiger partial charge in [0.05, 0.1) is 6.33 Å². The fraction of sp³-hybridized carbons (Fsp3) is 0.583. The van der Waals surface area contributed by atoms with E-state index in [1.807, 2.05) is 0 Å². The number of nitrogens with zero attached hydrogens (tertiary/aromatic N) is 4. The number of aromatic amines is 1. The van der Waals surface area contributed by atoms with Gasteiger partial charge in [0.15, 0.2) is 11.5 Å². The zero-order valence-corrected chi connectivity index (χ0v) is 11.6. The van der Waals surface area contributed by atoms with Crippen molar-refractivity contribution in [3.05, 3.63) is 6.33 Å². The Labute approximate surface area is 112 Å². The predicted octanol–water partition coefficient (Wildman–Crippen LogP) is 1.08. The summed E-state index contributed by atoms with van der Waals surface area (Å²) in [6, 6.07) is 0.574. The highest BCUT2D eigenvalue weighted by atomic mass is 15.2. The van der Waals surface area contributed by atoms with Crippen molar-refractivity contribution in [3.8, 4) is 0 Å². The molecule has 0 aliphatic heterocycles. The molecule has 0 aromatic carbocycles. The standard InChI is InChI=1S/C12H21N7/c1-4-8(2)19(3)6-5-14-10-9-11(16-7-15-9)18-12(13)17-10/h7-8H,4-6H2,1-3H3,(H4,13,14,15,16,17,18). The number of rotatable bonds is 6. The molecule has 2 heterocycles. The van der Waals surface area contributed by atoms with Crippen LogP contribution in [0.2, 0.25) is 0 Å². The number of nitrogens with one attached hydrogen (secondary N) is 2. The van der Waals surface area contributed by atoms with Crippen LogP contribution in [0, 0.1) is 0 Å². The Morgan fingerprint density at radius 2 is 2.26 bits per heavy atom. The summed E-state index contributed by atoms with van der Waals surface area (Å²) in [6.45, 7) is 6.14. The van der Waals surface area contributed by atoms with Crippen molar-refractivity contribution < 1.29 is 0 Å². The van der Waals surface area contributed by atoms with Gasteiger partial charge in [0.25, 0.3) is 0 Å². The van der Waals surface area contributed by atoms with Gasteiger partial charge in [0.2, 0.25) is 5.95 Å². The number of hydrogen-bond acceptors (Lipinski definition) is 6. The molecule has 0 radical (unpaired) electrons. The number of aromatic nitrogens is 4. The molecular weight excluding hydrogens is 242 g/mol. The maximum absolute atomic E-state index is 5.66. The van der Waals surface area contributed by atoms with Crippen LogP contribution in [0.5, 0.6) is 0 Å². The van der Waals surface area contributed by atoms with E-state index < -0.39 is 0 Å². The number of likely N-dealkylation sites (N-methyl/N-ethyl adjacent to an activating group) is 1. The third-order valence-corrected chi connectivity index (χ3v) is 3.40. The first-order valence-corrected chi connectivity index (χ1v) is 6.52. The van der Waals surface area contributed by atoms with E-state index in [0.29, 0.717) is 17.5 Å². The van der Waals surface area contributed by atoms with Gasteiger partial charge in [-0.3, -0.25) is 0 Å². The lowest BCUT2D eigenvalue weighted by Crippen LogP contribution is -2.32. The molecule has 7 nitrogen and oxygen atoms in total. The lowest BCUT2D eigenvalue weighted by atomic mass is 10.2. The summed E-state index contributed by atoms with van der Waals surface area (Å²) < 4.78 is 0. The smallest absolute Gasteiger partial charge is 0.224 e. The molecule has 0 saturated carbocycles. The number of nitrogens with two attached hydrogens (primary N) is 1. The van der Waals surface area contributed by atoms with Gasteiger partial charge in [-0.05, 0) is 20.4 Å². The number of anilines is 2. The van der Waals surface area contributed by atoms with E-state index in [2.05, 4.69) is 51.0 Å². The van der Waals surface area contributed by atoms with E-state index in [9.17, 15) is 0 Å². The summed E-state index contributed by atoms with van der Waals surface area (Å²) in [5.74, 6) is 0.940. The highest BCUT2D eigenvalue weighted by Gasteiger charge is 2.09. The number of imidazole rings is 1. The van der Waals surface area contributed by atoms with Crippen molar-refractivity contribution >= 4 is 22.9 Å². The van der Waals surface area contributed by atoms with E-state index in [1.54, 1.807) is 6.33 Å². The molecule has 0 saturated heterocycles. The largest absolute Gasteiger partial charge is 0.368 e. The van der Waals surface area contributed by atoms with Crippen molar-refractivity contribution in [2.45, 2.75) is 26.3 Å². The second-order valence-corrected chi connectivity index (χ2v) is 4.70. The monoisotopic (exact) mass is 263 g/mol. The van der Waals surface area contributed by atoms with Gasteiger partial charge in [-0.1, -0.05) is 6.92 Å². The highest BCUT2D eigenvalue weighted by molar-refractivity contribution is 5.83. The Morgan fingerprint density at radius 1 is 1.47 bits per heavy atom. The molecule has 0 fully saturated rings. The molecular formula is C12H21N7. The number of nitrogen functional groups attached to an aromatic ring is 1. The lowest BCUT2D eigenvalue weighted by molar-refractivity contribution is 0.261. The Bertz CT molecular complexity index is 536. The minimum atomic E-state index is 0.234. The molecule has 104 valence electrons. The summed E-state index contributed by atoms with van der Waals surface area (Å²) in [5.41, 5.74) is 7.04. The van der Waals surface area contributed by atoms with Gasteiger partial charge >= 0.3 is 0 Å². The molecule has 4 N–H and O–H groups in total. The van der Waals surface area contributed by atoms with Crippen LogP contribution in [0.25, 0.3) is 11.2 Å². The third-order valence-electron chi connectivity index (χ3n) is 3.40. The maximum atomic E-state index is 5.66. The number of H-pyrrole nitrogens is 1. The molecule has 1 unspecified atom stereocenters. The number of hydrogen-bond donors (Lipinski definition) is 3. The fourth-order valence-electron chi connectivity index (χ4n) is 1.86. The number of fused-ring (bicyclic) bond motifs is 1. The van der Waals surface area contributed by atoms with Crippen LogP contribution in [-0.4, -0.2) is 51.0 Å². The van der Waals surface area contributed by atoms with E-state index >= 15 is 0 Å². The normalized spacial score (nSPS) is 13.1. The van der Waals surface area contributed by atoms with Gasteiger partial charge < -0.3 is 20.9 Å². The van der Waals surface area contributed by atoms with Crippen LogP contribution >= 0.6 is 0 Å². The van der Waals surface area contributed by atoms with Crippen LogP contribution < -0.4 is 11.1 Å². The second-order valence-electron chi connectivity index (χ2n) is 4.70. The minimum absolute atomic E-state index is 0.234. The Balaban J connectivity index is 2.00. The van der Waals surface area contributed by atoms with Crippen LogP contribution in [-0.2, 0) is 0 Å². The van der Waals surface area contributed by atoms with E-state index in [-0.39, 0.29) is 5.95 Å². The fourth-order valence-corrected chi connectivity index (χ4v) is 1.86. The first kappa shape index (κ1) is 13.5. The van der Waals surface area contributed by atoms with Gasteiger partial charge in [-0.25, -0.2) is 4.98 Å². The van der Waals surface area contributed by atoms with Crippen LogP contribution in [0.15, 0.2) is 6.33 Å². The Morgan fingerprint density at radius 3 is 3.00 bits per heavy atom. The van der Waals surface area contributed by atoms with Crippen molar-refractivity contribution in [2.24, 2.45) is 0 Å². The second kappa shape index (κ2) is 5.83. The van der Waals surface area contributed by atoms with Crippen molar-refractivity contribution in [2.75, 3.05) is 31.2 Å². The first-order chi connectivity index (χ1) is 9.11. The zero-order chi connectivity index (χ0) is 13.8. The minimum Gasteiger partial charge on any atom is -0.368 e. The van der Waals surface area contributed by atoms with Crippen LogP contribution in [0.4, 0.5) is 11.8 Å². The van der Waals surface area contributed by atoms with Gasteiger partial charge in [-0.2, -0.15) is 9.97 Å². The topological polar surface area (TPSA) is 95.8 Å². The summed E-state index contributed by atoms with van der Waals surface area (Å²) in [6.07, 6.45) is 2.73. The molecule has 0 amide bonds. The van der Waals surface area contributed by atoms with Gasteiger partial charge in [-0.15, -0.1) is 0 Å². The first-order valence-electron chi connectivity index (χ1n) is 6.52. The molecule has 0 aliphatic rings. The summed E-state index contributed by atoms with van der Waals surface area (Å²) in [7, 11) is 2.12. The molecule has 7 heteroatoms. The van der Waals surface area contributed by atoms with Gasteiger partial charge in [0, 0.05) is 19.1 Å². The average Bonchev–Trinajstić information content (AvgIpc) is 2.85. The molecule has 1 atom stereocenters. The molecule has 19 heavy (non-hydrogen) atoms. The highest BCUT2D eigenvalue weighted by Crippen LogP contribution is 2.16. The molecule has 0 aliphatic carbocycles. The molecule has 2 aromatic rings. The maximum Gasteiger partial charge on any atom is 0.224 e. The van der Waals surface area contributed by atoms with Crippen molar-refractivity contribution in [3.63, 3.8) is 0 Å². The molecule has 2 aromatic heterocycles. The molecule has 2 rings (SSSR count). The zero-order valence-electron chi connectivity index (χ0n) is 11.6. The van der Waals surface area contributed by atoms with Crippen molar-refractivity contribution in [1.29, 1.82) is 0 Å².